The maximum atomic E-state index is 12.6. The number of aromatic nitrogens is 2. The number of para-hydroxylation sites is 1. The topological polar surface area (TPSA) is 52.2 Å². The van der Waals surface area contributed by atoms with Crippen molar-refractivity contribution < 1.29 is 4.79 Å². The van der Waals surface area contributed by atoms with Crippen LogP contribution in [0.3, 0.4) is 0 Å². The number of fused-ring (bicyclic) bond motifs is 1. The number of piperazine rings is 1. The zero-order valence-corrected chi connectivity index (χ0v) is 16.7. The molecule has 1 fully saturated rings. The number of hydrogen-bond acceptors (Lipinski definition) is 4. The van der Waals surface area contributed by atoms with Crippen LogP contribution in [-0.4, -0.2) is 52.7 Å². The van der Waals surface area contributed by atoms with Gasteiger partial charge in [0, 0.05) is 26.2 Å². The van der Waals surface area contributed by atoms with Crippen molar-refractivity contribution in [3.8, 4) is 0 Å². The number of benzene rings is 2. The average Bonchev–Trinajstić information content (AvgIpc) is 3.08. The molecule has 0 atom stereocenters. The first-order valence-corrected chi connectivity index (χ1v) is 10.3. The molecule has 0 spiro atoms. The number of anilines is 1. The Bertz CT molecular complexity index is 966. The number of carbonyl (C=O) groups excluding carboxylic acids is 1. The van der Waals surface area contributed by atoms with Crippen LogP contribution in [0.1, 0.15) is 5.56 Å². The molecule has 1 amide bonds. The zero-order valence-electron chi connectivity index (χ0n) is 15.1. The number of thioether (sulfide) groups is 1. The number of aryl methyl sites for hydroxylation is 1. The summed E-state index contributed by atoms with van der Waals surface area (Å²) in [5.41, 5.74) is 4.18. The third-order valence-corrected chi connectivity index (χ3v) is 5.95. The number of nitrogens with zero attached hydrogens (tertiary/aromatic N) is 3. The maximum absolute atomic E-state index is 12.6. The molecule has 1 aliphatic heterocycles. The molecule has 0 saturated carbocycles. The van der Waals surface area contributed by atoms with Gasteiger partial charge in [-0.2, -0.15) is 0 Å². The van der Waals surface area contributed by atoms with Crippen molar-refractivity contribution in [3.05, 3.63) is 53.1 Å². The van der Waals surface area contributed by atoms with Crippen LogP contribution in [0.4, 0.5) is 5.69 Å². The summed E-state index contributed by atoms with van der Waals surface area (Å²) in [6.45, 7) is 5.07. The molecule has 3 aromatic rings. The summed E-state index contributed by atoms with van der Waals surface area (Å²) in [6, 6.07) is 14.0. The first-order chi connectivity index (χ1) is 13.1. The number of halogens is 1. The van der Waals surface area contributed by atoms with E-state index in [1.165, 1.54) is 17.3 Å². The third-order valence-electron chi connectivity index (χ3n) is 4.77. The lowest BCUT2D eigenvalue weighted by Crippen LogP contribution is -2.49. The Labute approximate surface area is 167 Å². The van der Waals surface area contributed by atoms with Crippen molar-refractivity contribution in [2.45, 2.75) is 12.1 Å². The van der Waals surface area contributed by atoms with Crippen LogP contribution in [0.5, 0.6) is 0 Å². The summed E-state index contributed by atoms with van der Waals surface area (Å²) in [6.07, 6.45) is 0. The number of carbonyl (C=O) groups is 1. The van der Waals surface area contributed by atoms with Crippen molar-refractivity contribution in [2.24, 2.45) is 0 Å². The van der Waals surface area contributed by atoms with Crippen LogP contribution >= 0.6 is 23.4 Å². The van der Waals surface area contributed by atoms with Crippen molar-refractivity contribution in [1.82, 2.24) is 14.9 Å². The van der Waals surface area contributed by atoms with E-state index < -0.39 is 0 Å². The summed E-state index contributed by atoms with van der Waals surface area (Å²) in [5.74, 6) is 0.542. The zero-order chi connectivity index (χ0) is 18.8. The largest absolute Gasteiger partial charge is 0.367 e. The highest BCUT2D eigenvalue weighted by Crippen LogP contribution is 2.26. The number of hydrogen-bond donors (Lipinski definition) is 1. The van der Waals surface area contributed by atoms with Crippen molar-refractivity contribution in [1.29, 1.82) is 0 Å². The van der Waals surface area contributed by atoms with E-state index in [0.717, 1.165) is 40.0 Å². The molecule has 1 saturated heterocycles. The van der Waals surface area contributed by atoms with Gasteiger partial charge in [0.15, 0.2) is 5.16 Å². The number of H-pyrrole nitrogens is 1. The Hall–Kier alpha value is -2.18. The Morgan fingerprint density at radius 1 is 1.19 bits per heavy atom. The van der Waals surface area contributed by atoms with Gasteiger partial charge < -0.3 is 14.8 Å². The molecule has 2 aromatic carbocycles. The Balaban J connectivity index is 1.32. The summed E-state index contributed by atoms with van der Waals surface area (Å²) in [7, 11) is 0. The predicted molar refractivity (Wildman–Crippen MR) is 112 cm³/mol. The second-order valence-electron chi connectivity index (χ2n) is 6.67. The second kappa shape index (κ2) is 7.82. The van der Waals surface area contributed by atoms with Gasteiger partial charge in [-0.1, -0.05) is 41.6 Å². The van der Waals surface area contributed by atoms with Gasteiger partial charge in [-0.05, 0) is 36.8 Å². The van der Waals surface area contributed by atoms with Gasteiger partial charge in [0.2, 0.25) is 5.91 Å². The van der Waals surface area contributed by atoms with Crippen LogP contribution in [0.2, 0.25) is 5.02 Å². The lowest BCUT2D eigenvalue weighted by atomic mass is 10.2. The van der Waals surface area contributed by atoms with E-state index >= 15 is 0 Å². The highest BCUT2D eigenvalue weighted by molar-refractivity contribution is 7.99. The van der Waals surface area contributed by atoms with Crippen LogP contribution in [-0.2, 0) is 4.79 Å². The molecule has 5 nitrogen and oxygen atoms in total. The lowest BCUT2D eigenvalue weighted by molar-refractivity contribution is -0.128. The van der Waals surface area contributed by atoms with E-state index in [1.54, 1.807) is 0 Å². The molecule has 1 N–H and O–H groups in total. The quantitative estimate of drug-likeness (QED) is 0.673. The molecule has 0 unspecified atom stereocenters. The highest BCUT2D eigenvalue weighted by Gasteiger charge is 2.22. The molecule has 2 heterocycles. The first-order valence-electron chi connectivity index (χ1n) is 8.96. The van der Waals surface area contributed by atoms with Gasteiger partial charge in [-0.15, -0.1) is 0 Å². The smallest absolute Gasteiger partial charge is 0.233 e. The van der Waals surface area contributed by atoms with Crippen LogP contribution in [0.25, 0.3) is 11.0 Å². The van der Waals surface area contributed by atoms with Crippen molar-refractivity contribution in [3.63, 3.8) is 0 Å². The minimum Gasteiger partial charge on any atom is -0.367 e. The van der Waals surface area contributed by atoms with E-state index in [1.807, 2.05) is 41.3 Å². The molecule has 27 heavy (non-hydrogen) atoms. The van der Waals surface area contributed by atoms with Gasteiger partial charge in [-0.25, -0.2) is 4.98 Å². The number of nitrogens with one attached hydrogen (secondary N) is 1. The predicted octanol–water partition coefficient (Wildman–Crippen LogP) is 3.97. The van der Waals surface area contributed by atoms with E-state index in [-0.39, 0.29) is 5.91 Å². The number of aromatic amines is 1. The molecule has 1 aromatic heterocycles. The molecule has 4 rings (SSSR count). The van der Waals surface area contributed by atoms with Crippen LogP contribution < -0.4 is 4.90 Å². The molecule has 0 radical (unpaired) electrons. The minimum atomic E-state index is 0.149. The SMILES string of the molecule is Cc1ccc2nc(SCC(=O)N3CCN(c4ccccc4Cl)CC3)[nH]c2c1. The molecular formula is C20H21ClN4OS. The van der Waals surface area contributed by atoms with E-state index in [0.29, 0.717) is 18.8 Å². The monoisotopic (exact) mass is 400 g/mol. The normalized spacial score (nSPS) is 14.7. The number of amides is 1. The highest BCUT2D eigenvalue weighted by atomic mass is 35.5. The molecule has 1 aliphatic rings. The molecular weight excluding hydrogens is 380 g/mol. The third kappa shape index (κ3) is 4.06. The number of rotatable bonds is 4. The van der Waals surface area contributed by atoms with Crippen LogP contribution in [0, 0.1) is 6.92 Å². The Morgan fingerprint density at radius 3 is 2.74 bits per heavy atom. The summed E-state index contributed by atoms with van der Waals surface area (Å²) < 4.78 is 0. The Kier molecular flexibility index (Phi) is 5.27. The standard InChI is InChI=1S/C20H21ClN4OS/c1-14-6-7-16-17(12-14)23-20(22-16)27-13-19(26)25-10-8-24(9-11-25)18-5-3-2-4-15(18)21/h2-7,12H,8-11,13H2,1H3,(H,22,23). The fraction of sp³-hybridized carbons (Fsp3) is 0.300. The average molecular weight is 401 g/mol. The van der Waals surface area contributed by atoms with Crippen LogP contribution in [0.15, 0.2) is 47.6 Å². The molecule has 0 aliphatic carbocycles. The van der Waals surface area contributed by atoms with Gasteiger partial charge in [-0.3, -0.25) is 4.79 Å². The molecule has 0 bridgehead atoms. The van der Waals surface area contributed by atoms with E-state index in [9.17, 15) is 4.79 Å². The Morgan fingerprint density at radius 2 is 1.96 bits per heavy atom. The fourth-order valence-electron chi connectivity index (χ4n) is 3.29. The summed E-state index contributed by atoms with van der Waals surface area (Å²) >= 11 is 7.74. The second-order valence-corrected chi connectivity index (χ2v) is 8.04. The molecule has 7 heteroatoms. The van der Waals surface area contributed by atoms with Gasteiger partial charge >= 0.3 is 0 Å². The minimum absolute atomic E-state index is 0.149. The lowest BCUT2D eigenvalue weighted by Gasteiger charge is -2.36. The number of imidazole rings is 1. The van der Waals surface area contributed by atoms with Crippen molar-refractivity contribution >= 4 is 46.0 Å². The van der Waals surface area contributed by atoms with E-state index in [4.69, 9.17) is 11.6 Å². The maximum Gasteiger partial charge on any atom is 0.233 e. The van der Waals surface area contributed by atoms with Gasteiger partial charge in [0.1, 0.15) is 0 Å². The summed E-state index contributed by atoms with van der Waals surface area (Å²) in [4.78, 5) is 24.6. The van der Waals surface area contributed by atoms with Crippen molar-refractivity contribution in [2.75, 3.05) is 36.8 Å². The summed E-state index contributed by atoms with van der Waals surface area (Å²) in [5, 5.41) is 1.55. The van der Waals surface area contributed by atoms with Gasteiger partial charge in [0.05, 0.1) is 27.5 Å². The fourth-order valence-corrected chi connectivity index (χ4v) is 4.34. The van der Waals surface area contributed by atoms with E-state index in [2.05, 4.69) is 27.9 Å². The molecule has 140 valence electrons. The first kappa shape index (κ1) is 18.2. The van der Waals surface area contributed by atoms with Gasteiger partial charge in [0.25, 0.3) is 0 Å².